The van der Waals surface area contributed by atoms with Gasteiger partial charge < -0.3 is 9.84 Å². The molecule has 2 bridgehead atoms. The lowest BCUT2D eigenvalue weighted by atomic mass is 9.87. The highest BCUT2D eigenvalue weighted by atomic mass is 19.4. The van der Waals surface area contributed by atoms with E-state index in [1.54, 1.807) is 18.2 Å². The lowest BCUT2D eigenvalue weighted by molar-refractivity contribution is -0.185. The first-order valence-corrected chi connectivity index (χ1v) is 12.7. The third-order valence-corrected chi connectivity index (χ3v) is 8.41. The van der Waals surface area contributed by atoms with Crippen molar-refractivity contribution in [1.82, 2.24) is 4.90 Å². The van der Waals surface area contributed by atoms with Gasteiger partial charge in [0.25, 0.3) is 0 Å². The van der Waals surface area contributed by atoms with E-state index in [1.807, 2.05) is 0 Å². The van der Waals surface area contributed by atoms with Gasteiger partial charge in [-0.05, 0) is 80.3 Å². The Labute approximate surface area is 206 Å². The van der Waals surface area contributed by atoms with E-state index in [0.29, 0.717) is 41.5 Å². The smallest absolute Gasteiger partial charge is 0.391 e. The molecule has 2 unspecified atom stereocenters. The average molecular weight is 512 g/mol. The van der Waals surface area contributed by atoms with Crippen LogP contribution in [-0.4, -0.2) is 40.3 Å². The summed E-state index contributed by atoms with van der Waals surface area (Å²) in [5.74, 6) is -2.58. The average Bonchev–Trinajstić information content (AvgIpc) is 3.05. The first kappa shape index (κ1) is 25.2. The number of nitrogens with zero attached hydrogens (tertiary/aromatic N) is 1. The summed E-state index contributed by atoms with van der Waals surface area (Å²) in [6.45, 7) is -0.521. The van der Waals surface area contributed by atoms with Crippen LogP contribution in [0.4, 0.5) is 22.0 Å². The van der Waals surface area contributed by atoms with Crippen molar-refractivity contribution in [3.8, 4) is 5.75 Å². The number of carboxylic acids is 1. The zero-order valence-electron chi connectivity index (χ0n) is 19.9. The Morgan fingerprint density at radius 3 is 2.28 bits per heavy atom. The van der Waals surface area contributed by atoms with Gasteiger partial charge in [-0.2, -0.15) is 13.2 Å². The van der Waals surface area contributed by atoms with E-state index < -0.39 is 36.7 Å². The summed E-state index contributed by atoms with van der Waals surface area (Å²) in [5, 5.41) is 10.5. The van der Waals surface area contributed by atoms with Crippen molar-refractivity contribution in [1.29, 1.82) is 0 Å². The van der Waals surface area contributed by atoms with E-state index in [-0.39, 0.29) is 49.2 Å². The fraction of sp³-hybridized carbons (Fsp3) is 0.593. The largest absolute Gasteiger partial charge is 0.490 e. The SMILES string of the molecule is O=C(O)C1CC2CCC(C1)N2Cc1cc2c(CF)c(OC3CCC(C(F)(F)F)CC3)ccc2cc1F. The Morgan fingerprint density at radius 2 is 1.69 bits per heavy atom. The van der Waals surface area contributed by atoms with Gasteiger partial charge in [-0.25, -0.2) is 8.78 Å². The van der Waals surface area contributed by atoms with Crippen LogP contribution in [0.1, 0.15) is 62.5 Å². The molecule has 2 heterocycles. The minimum atomic E-state index is -4.21. The molecule has 3 fully saturated rings. The van der Waals surface area contributed by atoms with E-state index in [4.69, 9.17) is 4.74 Å². The summed E-state index contributed by atoms with van der Waals surface area (Å²) in [4.78, 5) is 13.6. The fourth-order valence-electron chi connectivity index (χ4n) is 6.42. The van der Waals surface area contributed by atoms with Crippen LogP contribution in [0.15, 0.2) is 24.3 Å². The van der Waals surface area contributed by atoms with Crippen LogP contribution in [0.25, 0.3) is 10.8 Å². The van der Waals surface area contributed by atoms with Gasteiger partial charge in [-0.15, -0.1) is 0 Å². The maximum atomic E-state index is 15.1. The molecule has 0 amide bonds. The van der Waals surface area contributed by atoms with Crippen LogP contribution < -0.4 is 4.74 Å². The Morgan fingerprint density at radius 1 is 1.03 bits per heavy atom. The number of carbonyl (C=O) groups is 1. The van der Waals surface area contributed by atoms with Crippen molar-refractivity contribution in [2.24, 2.45) is 11.8 Å². The minimum absolute atomic E-state index is 0.0109. The molecule has 3 aliphatic rings. The number of ether oxygens (including phenoxy) is 1. The Balaban J connectivity index is 1.36. The normalized spacial score (nSPS) is 29.0. The molecular weight excluding hydrogens is 481 g/mol. The molecule has 9 heteroatoms. The molecule has 36 heavy (non-hydrogen) atoms. The highest BCUT2D eigenvalue weighted by Crippen LogP contribution is 2.42. The van der Waals surface area contributed by atoms with Crippen molar-refractivity contribution in [3.63, 3.8) is 0 Å². The molecule has 2 atom stereocenters. The van der Waals surface area contributed by atoms with Gasteiger partial charge in [0.05, 0.1) is 17.9 Å². The Kier molecular flexibility index (Phi) is 6.87. The number of rotatable bonds is 6. The second kappa shape index (κ2) is 9.80. The highest BCUT2D eigenvalue weighted by Gasteiger charge is 2.43. The molecule has 196 valence electrons. The lowest BCUT2D eigenvalue weighted by Crippen LogP contribution is -2.44. The molecule has 2 aliphatic heterocycles. The molecule has 2 aromatic carbocycles. The van der Waals surface area contributed by atoms with Gasteiger partial charge in [-0.3, -0.25) is 9.69 Å². The van der Waals surface area contributed by atoms with Crippen LogP contribution >= 0.6 is 0 Å². The molecule has 2 aromatic rings. The van der Waals surface area contributed by atoms with E-state index in [2.05, 4.69) is 4.90 Å². The molecule has 1 N–H and O–H groups in total. The van der Waals surface area contributed by atoms with Gasteiger partial charge >= 0.3 is 12.1 Å². The van der Waals surface area contributed by atoms with Gasteiger partial charge in [0.15, 0.2) is 0 Å². The molecule has 1 aliphatic carbocycles. The highest BCUT2D eigenvalue weighted by molar-refractivity contribution is 5.88. The van der Waals surface area contributed by atoms with Crippen molar-refractivity contribution in [3.05, 3.63) is 41.2 Å². The molecule has 1 saturated carbocycles. The monoisotopic (exact) mass is 511 g/mol. The minimum Gasteiger partial charge on any atom is -0.490 e. The summed E-state index contributed by atoms with van der Waals surface area (Å²) in [6, 6.07) is 6.43. The molecule has 0 spiro atoms. The predicted molar refractivity (Wildman–Crippen MR) is 124 cm³/mol. The molecular formula is C27H30F5NO3. The van der Waals surface area contributed by atoms with Gasteiger partial charge in [0, 0.05) is 29.8 Å². The zero-order valence-corrected chi connectivity index (χ0v) is 19.9. The van der Waals surface area contributed by atoms with Crippen LogP contribution in [0.2, 0.25) is 0 Å². The summed E-state index contributed by atoms with van der Waals surface area (Å²) >= 11 is 0. The van der Waals surface area contributed by atoms with Crippen LogP contribution in [0, 0.1) is 17.7 Å². The van der Waals surface area contributed by atoms with E-state index >= 15 is 4.39 Å². The number of aliphatic carboxylic acids is 1. The maximum absolute atomic E-state index is 15.1. The number of hydrogen-bond donors (Lipinski definition) is 1. The molecule has 4 nitrogen and oxygen atoms in total. The maximum Gasteiger partial charge on any atom is 0.391 e. The van der Waals surface area contributed by atoms with Crippen LogP contribution in [-0.2, 0) is 18.0 Å². The van der Waals surface area contributed by atoms with Crippen molar-refractivity contribution < 1.29 is 36.6 Å². The summed E-state index contributed by atoms with van der Waals surface area (Å²) in [7, 11) is 0. The van der Waals surface area contributed by atoms with E-state index in [9.17, 15) is 27.5 Å². The predicted octanol–water partition coefficient (Wildman–Crippen LogP) is 6.78. The number of hydrogen-bond acceptors (Lipinski definition) is 3. The first-order chi connectivity index (χ1) is 17.1. The van der Waals surface area contributed by atoms with E-state index in [1.165, 1.54) is 6.07 Å². The standard InChI is InChI=1S/C27H30F5NO3/c28-13-23-22-11-17(14-33-19-4-5-20(33)10-16(9-19)26(34)35)24(29)12-15(22)1-8-25(23)36-21-6-2-18(3-7-21)27(30,31)32/h1,8,11-12,16,18-21H,2-7,9-10,13-14H2,(H,34,35). The number of piperidine rings is 1. The molecule has 0 radical (unpaired) electrons. The number of carboxylic acid groups (broad SMARTS) is 1. The van der Waals surface area contributed by atoms with Crippen LogP contribution in [0.3, 0.4) is 0 Å². The number of alkyl halides is 4. The third kappa shape index (κ3) is 4.91. The van der Waals surface area contributed by atoms with E-state index in [0.717, 1.165) is 12.8 Å². The van der Waals surface area contributed by atoms with Crippen LogP contribution in [0.5, 0.6) is 5.75 Å². The second-order valence-corrected chi connectivity index (χ2v) is 10.5. The third-order valence-electron chi connectivity index (χ3n) is 8.41. The number of benzene rings is 2. The van der Waals surface area contributed by atoms with Crippen molar-refractivity contribution in [2.75, 3.05) is 0 Å². The van der Waals surface area contributed by atoms with Gasteiger partial charge in [-0.1, -0.05) is 6.07 Å². The number of fused-ring (bicyclic) bond motifs is 3. The number of halogens is 5. The lowest BCUT2D eigenvalue weighted by Gasteiger charge is -2.37. The topological polar surface area (TPSA) is 49.8 Å². The summed E-state index contributed by atoms with van der Waals surface area (Å²) < 4.78 is 74.2. The molecule has 5 rings (SSSR count). The van der Waals surface area contributed by atoms with Gasteiger partial charge in [0.2, 0.25) is 0 Å². The summed E-state index contributed by atoms with van der Waals surface area (Å²) in [6.07, 6.45) is -1.29. The summed E-state index contributed by atoms with van der Waals surface area (Å²) in [5.41, 5.74) is 0.699. The zero-order chi connectivity index (χ0) is 25.6. The Hall–Kier alpha value is -2.42. The second-order valence-electron chi connectivity index (χ2n) is 10.5. The quantitative estimate of drug-likeness (QED) is 0.435. The first-order valence-electron chi connectivity index (χ1n) is 12.7. The fourth-order valence-corrected chi connectivity index (χ4v) is 6.42. The molecule has 0 aromatic heterocycles. The molecule has 2 saturated heterocycles. The van der Waals surface area contributed by atoms with Gasteiger partial charge in [0.1, 0.15) is 18.2 Å². The van der Waals surface area contributed by atoms with Crippen molar-refractivity contribution in [2.45, 2.75) is 88.9 Å². The van der Waals surface area contributed by atoms with Crippen molar-refractivity contribution >= 4 is 16.7 Å². The Bertz CT molecular complexity index is 1110.